The number of carbonyl (C=O) groups excluding carboxylic acids is 4. The van der Waals surface area contributed by atoms with Crippen molar-refractivity contribution in [3.63, 3.8) is 0 Å². The summed E-state index contributed by atoms with van der Waals surface area (Å²) in [5.41, 5.74) is 4.28. The summed E-state index contributed by atoms with van der Waals surface area (Å²) in [5.74, 6) is -0.731. The van der Waals surface area contributed by atoms with Crippen LogP contribution in [0.5, 0.6) is 5.75 Å². The van der Waals surface area contributed by atoms with Gasteiger partial charge in [0.05, 0.1) is 7.11 Å². The molecule has 0 aliphatic carbocycles. The maximum absolute atomic E-state index is 12.0. The number of rotatable bonds is 6. The molecule has 0 bridgehead atoms. The van der Waals surface area contributed by atoms with Crippen molar-refractivity contribution in [3.05, 3.63) is 35.9 Å². The molecular weight excluding hydrogens is 352 g/mol. The SMILES string of the molecule is COc1ccc(/C=C/C(=O)NNC(=O)CCN2C(=O)NC(C)(C)C2=O)cc1. The van der Waals surface area contributed by atoms with E-state index in [-0.39, 0.29) is 13.0 Å². The highest BCUT2D eigenvalue weighted by atomic mass is 16.5. The van der Waals surface area contributed by atoms with Crippen molar-refractivity contribution in [1.29, 1.82) is 0 Å². The van der Waals surface area contributed by atoms with Crippen LogP contribution >= 0.6 is 0 Å². The Bertz CT molecular complexity index is 770. The molecule has 0 saturated carbocycles. The number of ether oxygens (including phenoxy) is 1. The van der Waals surface area contributed by atoms with Gasteiger partial charge in [-0.1, -0.05) is 12.1 Å². The molecule has 144 valence electrons. The van der Waals surface area contributed by atoms with E-state index in [1.807, 2.05) is 0 Å². The molecule has 1 aromatic rings. The first-order valence-corrected chi connectivity index (χ1v) is 8.28. The van der Waals surface area contributed by atoms with Gasteiger partial charge in [0.1, 0.15) is 11.3 Å². The Kier molecular flexibility index (Phi) is 6.17. The number of hydrogen-bond donors (Lipinski definition) is 3. The number of imide groups is 1. The van der Waals surface area contributed by atoms with Crippen molar-refractivity contribution in [3.8, 4) is 5.75 Å². The summed E-state index contributed by atoms with van der Waals surface area (Å²) < 4.78 is 5.04. The van der Waals surface area contributed by atoms with Gasteiger partial charge in [0, 0.05) is 19.0 Å². The fourth-order valence-corrected chi connectivity index (χ4v) is 2.36. The third kappa shape index (κ3) is 5.30. The van der Waals surface area contributed by atoms with Gasteiger partial charge >= 0.3 is 6.03 Å². The molecule has 1 aliphatic rings. The van der Waals surface area contributed by atoms with E-state index in [0.717, 1.165) is 10.5 Å². The molecular formula is C18H22N4O5. The lowest BCUT2D eigenvalue weighted by atomic mass is 10.1. The van der Waals surface area contributed by atoms with E-state index in [4.69, 9.17) is 4.74 Å². The molecule has 1 fully saturated rings. The zero-order chi connectivity index (χ0) is 20.0. The molecule has 0 aromatic heterocycles. The third-order valence-corrected chi connectivity index (χ3v) is 3.87. The number of urea groups is 1. The molecule has 1 heterocycles. The van der Waals surface area contributed by atoms with E-state index in [2.05, 4.69) is 16.2 Å². The average Bonchev–Trinajstić information content (AvgIpc) is 2.84. The van der Waals surface area contributed by atoms with E-state index in [1.165, 1.54) is 6.08 Å². The summed E-state index contributed by atoms with van der Waals surface area (Å²) in [5, 5.41) is 2.53. The molecule has 1 aliphatic heterocycles. The van der Waals surface area contributed by atoms with Crippen LogP contribution < -0.4 is 20.9 Å². The standard InChI is InChI=1S/C18H22N4O5/c1-18(2)16(25)22(17(26)19-18)11-10-15(24)21-20-14(23)9-6-12-4-7-13(27-3)8-5-12/h4-9H,10-11H2,1-3H3,(H,19,26)(H,20,23)(H,21,24)/b9-6+. The van der Waals surface area contributed by atoms with Crippen LogP contribution in [0.1, 0.15) is 25.8 Å². The van der Waals surface area contributed by atoms with Crippen molar-refractivity contribution >= 4 is 29.8 Å². The minimum atomic E-state index is -0.978. The summed E-state index contributed by atoms with van der Waals surface area (Å²) in [6.07, 6.45) is 2.72. The minimum absolute atomic E-state index is 0.0719. The largest absolute Gasteiger partial charge is 0.497 e. The second kappa shape index (κ2) is 8.35. The van der Waals surface area contributed by atoms with Gasteiger partial charge in [-0.2, -0.15) is 0 Å². The fraction of sp³-hybridized carbons (Fsp3) is 0.333. The Labute approximate surface area is 156 Å². The predicted octanol–water partition coefficient (Wildman–Crippen LogP) is 0.576. The van der Waals surface area contributed by atoms with Crippen molar-refractivity contribution < 1.29 is 23.9 Å². The van der Waals surface area contributed by atoms with Gasteiger partial charge in [0.2, 0.25) is 5.91 Å². The van der Waals surface area contributed by atoms with Crippen LogP contribution in [0, 0.1) is 0 Å². The van der Waals surface area contributed by atoms with Crippen LogP contribution in [-0.4, -0.2) is 47.8 Å². The number of nitrogens with zero attached hydrogens (tertiary/aromatic N) is 1. The molecule has 1 saturated heterocycles. The lowest BCUT2D eigenvalue weighted by Gasteiger charge is -2.15. The first-order chi connectivity index (χ1) is 12.7. The highest BCUT2D eigenvalue weighted by Gasteiger charge is 2.43. The van der Waals surface area contributed by atoms with Crippen molar-refractivity contribution in [2.45, 2.75) is 25.8 Å². The lowest BCUT2D eigenvalue weighted by molar-refractivity contribution is -0.131. The summed E-state index contributed by atoms with van der Waals surface area (Å²) >= 11 is 0. The van der Waals surface area contributed by atoms with Crippen LogP contribution in [0.3, 0.4) is 0 Å². The highest BCUT2D eigenvalue weighted by molar-refractivity contribution is 6.06. The highest BCUT2D eigenvalue weighted by Crippen LogP contribution is 2.16. The molecule has 2 rings (SSSR count). The summed E-state index contributed by atoms with van der Waals surface area (Å²) in [7, 11) is 1.56. The molecule has 0 unspecified atom stereocenters. The number of methoxy groups -OCH3 is 1. The number of amides is 5. The van der Waals surface area contributed by atoms with Crippen molar-refractivity contribution in [2.75, 3.05) is 13.7 Å². The Morgan fingerprint density at radius 3 is 2.41 bits per heavy atom. The number of carbonyl (C=O) groups is 4. The molecule has 9 nitrogen and oxygen atoms in total. The maximum atomic E-state index is 12.0. The quantitative estimate of drug-likeness (QED) is 0.382. The maximum Gasteiger partial charge on any atom is 0.325 e. The number of nitrogens with one attached hydrogen (secondary N) is 3. The second-order valence-electron chi connectivity index (χ2n) is 6.41. The monoisotopic (exact) mass is 374 g/mol. The third-order valence-electron chi connectivity index (χ3n) is 3.87. The summed E-state index contributed by atoms with van der Waals surface area (Å²) in [4.78, 5) is 48.2. The van der Waals surface area contributed by atoms with Crippen LogP contribution in [0.25, 0.3) is 6.08 Å². The van der Waals surface area contributed by atoms with Crippen molar-refractivity contribution in [1.82, 2.24) is 21.1 Å². The Morgan fingerprint density at radius 1 is 1.19 bits per heavy atom. The molecule has 9 heteroatoms. The molecule has 1 aromatic carbocycles. The second-order valence-corrected chi connectivity index (χ2v) is 6.41. The van der Waals surface area contributed by atoms with Gasteiger partial charge in [0.15, 0.2) is 0 Å². The fourth-order valence-electron chi connectivity index (χ4n) is 2.36. The normalized spacial score (nSPS) is 15.6. The smallest absolute Gasteiger partial charge is 0.325 e. The van der Waals surface area contributed by atoms with Crippen molar-refractivity contribution in [2.24, 2.45) is 0 Å². The van der Waals surface area contributed by atoms with Gasteiger partial charge < -0.3 is 10.1 Å². The zero-order valence-electron chi connectivity index (χ0n) is 15.4. The predicted molar refractivity (Wildman–Crippen MR) is 97.3 cm³/mol. The number of hydrogen-bond acceptors (Lipinski definition) is 5. The van der Waals surface area contributed by atoms with Gasteiger partial charge in [-0.15, -0.1) is 0 Å². The van der Waals surface area contributed by atoms with Gasteiger partial charge in [-0.25, -0.2) is 4.79 Å². The Morgan fingerprint density at radius 2 is 1.85 bits per heavy atom. The molecule has 0 atom stereocenters. The average molecular weight is 374 g/mol. The summed E-state index contributed by atoms with van der Waals surface area (Å²) in [6, 6.07) is 6.54. The molecule has 3 N–H and O–H groups in total. The zero-order valence-corrected chi connectivity index (χ0v) is 15.4. The van der Waals surface area contributed by atoms with Crippen LogP contribution in [0.4, 0.5) is 4.79 Å². The van der Waals surface area contributed by atoms with Gasteiger partial charge in [0.25, 0.3) is 11.8 Å². The first-order valence-electron chi connectivity index (χ1n) is 8.28. The molecule has 5 amide bonds. The van der Waals surface area contributed by atoms with Crippen LogP contribution in [0.15, 0.2) is 30.3 Å². The minimum Gasteiger partial charge on any atom is -0.497 e. The van der Waals surface area contributed by atoms with Gasteiger partial charge in [-0.3, -0.25) is 30.1 Å². The lowest BCUT2D eigenvalue weighted by Crippen LogP contribution is -2.43. The topological polar surface area (TPSA) is 117 Å². The van der Waals surface area contributed by atoms with Gasteiger partial charge in [-0.05, 0) is 37.6 Å². The number of hydrazine groups is 1. The van der Waals surface area contributed by atoms with E-state index in [9.17, 15) is 19.2 Å². The Balaban J connectivity index is 1.74. The van der Waals surface area contributed by atoms with E-state index >= 15 is 0 Å². The van der Waals surface area contributed by atoms with E-state index in [1.54, 1.807) is 51.3 Å². The van der Waals surface area contributed by atoms with E-state index in [0.29, 0.717) is 5.75 Å². The first kappa shape index (κ1) is 20.0. The number of benzene rings is 1. The van der Waals surface area contributed by atoms with Crippen LogP contribution in [-0.2, 0) is 14.4 Å². The Hall–Kier alpha value is -3.36. The summed E-state index contributed by atoms with van der Waals surface area (Å²) in [6.45, 7) is 3.10. The van der Waals surface area contributed by atoms with Crippen LogP contribution in [0.2, 0.25) is 0 Å². The molecule has 0 radical (unpaired) electrons. The molecule has 0 spiro atoms. The molecule has 27 heavy (non-hydrogen) atoms. The van der Waals surface area contributed by atoms with E-state index < -0.39 is 29.3 Å².